The Bertz CT molecular complexity index is 778. The van der Waals surface area contributed by atoms with Crippen LogP contribution in [-0.4, -0.2) is 27.9 Å². The Balaban J connectivity index is 2.48. The van der Waals surface area contributed by atoms with E-state index < -0.39 is 0 Å². The zero-order valence-corrected chi connectivity index (χ0v) is 15.8. The Kier molecular flexibility index (Phi) is 5.86. The molecule has 0 amide bonds. The molecule has 0 radical (unpaired) electrons. The molecule has 0 N–H and O–H groups in total. The largest absolute Gasteiger partial charge is 0.465 e. The molecule has 2 rings (SSSR count). The van der Waals surface area contributed by atoms with Crippen LogP contribution >= 0.6 is 23.1 Å². The van der Waals surface area contributed by atoms with Gasteiger partial charge in [-0.15, -0.1) is 11.3 Å². The van der Waals surface area contributed by atoms with Crippen molar-refractivity contribution in [1.29, 1.82) is 0 Å². The lowest BCUT2D eigenvalue weighted by molar-refractivity contribution is -0.139. The first-order valence-electron chi connectivity index (χ1n) is 7.64. The van der Waals surface area contributed by atoms with Crippen LogP contribution in [0.4, 0.5) is 0 Å². The molecule has 5 nitrogen and oxygen atoms in total. The Morgan fingerprint density at radius 2 is 2.09 bits per heavy atom. The number of hydrogen-bond acceptors (Lipinski definition) is 6. The Morgan fingerprint density at radius 3 is 2.70 bits per heavy atom. The van der Waals surface area contributed by atoms with Gasteiger partial charge < -0.3 is 4.74 Å². The summed E-state index contributed by atoms with van der Waals surface area (Å²) in [5.41, 5.74) is 0.985. The van der Waals surface area contributed by atoms with Crippen LogP contribution in [0.5, 0.6) is 0 Å². The lowest BCUT2D eigenvalue weighted by atomic mass is 10.2. The van der Waals surface area contributed by atoms with Crippen LogP contribution in [0.1, 0.15) is 31.2 Å². The number of carbonyl (C=O) groups excluding carboxylic acids is 1. The van der Waals surface area contributed by atoms with Crippen LogP contribution in [0.15, 0.2) is 9.95 Å². The van der Waals surface area contributed by atoms with Gasteiger partial charge in [-0.1, -0.05) is 25.6 Å². The third-order valence-electron chi connectivity index (χ3n) is 3.43. The lowest BCUT2D eigenvalue weighted by Crippen LogP contribution is -2.25. The molecule has 0 unspecified atom stereocenters. The highest BCUT2D eigenvalue weighted by Crippen LogP contribution is 2.28. The highest BCUT2D eigenvalue weighted by Gasteiger charge is 2.18. The van der Waals surface area contributed by atoms with Crippen molar-refractivity contribution >= 4 is 39.3 Å². The number of esters is 1. The van der Waals surface area contributed by atoms with E-state index in [0.29, 0.717) is 29.6 Å². The van der Waals surface area contributed by atoms with Crippen molar-refractivity contribution < 1.29 is 9.53 Å². The summed E-state index contributed by atoms with van der Waals surface area (Å²) >= 11 is 2.79. The van der Waals surface area contributed by atoms with E-state index in [1.165, 1.54) is 23.1 Å². The van der Waals surface area contributed by atoms with Gasteiger partial charge in [0.2, 0.25) is 0 Å². The number of ether oxygens (including phenoxy) is 1. The van der Waals surface area contributed by atoms with Gasteiger partial charge in [-0.05, 0) is 32.3 Å². The minimum atomic E-state index is -0.290. The second-order valence-corrected chi connectivity index (χ2v) is 7.91. The molecule has 126 valence electrons. The minimum Gasteiger partial charge on any atom is -0.465 e. The van der Waals surface area contributed by atoms with Crippen LogP contribution in [0.25, 0.3) is 10.2 Å². The summed E-state index contributed by atoms with van der Waals surface area (Å²) in [4.78, 5) is 31.0. The average molecular weight is 354 g/mol. The van der Waals surface area contributed by atoms with Gasteiger partial charge in [-0.2, -0.15) is 0 Å². The highest BCUT2D eigenvalue weighted by atomic mass is 32.2. The van der Waals surface area contributed by atoms with Crippen molar-refractivity contribution in [3.05, 3.63) is 20.8 Å². The van der Waals surface area contributed by atoms with Gasteiger partial charge in [0.05, 0.1) is 17.7 Å². The van der Waals surface area contributed by atoms with E-state index >= 15 is 0 Å². The summed E-state index contributed by atoms with van der Waals surface area (Å²) < 4.78 is 6.64. The van der Waals surface area contributed by atoms with Gasteiger partial charge in [0.15, 0.2) is 5.16 Å². The zero-order chi connectivity index (χ0) is 17.1. The van der Waals surface area contributed by atoms with Crippen molar-refractivity contribution in [1.82, 2.24) is 9.55 Å². The molecular formula is C16H22N2O3S2. The van der Waals surface area contributed by atoms with Crippen molar-refractivity contribution in [3.8, 4) is 0 Å². The number of aromatic nitrogens is 2. The molecule has 2 aromatic rings. The normalized spacial score (nSPS) is 11.4. The number of carbonyl (C=O) groups is 1. The van der Waals surface area contributed by atoms with E-state index in [2.05, 4.69) is 18.8 Å². The molecule has 0 aliphatic heterocycles. The van der Waals surface area contributed by atoms with E-state index in [4.69, 9.17) is 4.74 Å². The first-order valence-corrected chi connectivity index (χ1v) is 9.44. The topological polar surface area (TPSA) is 61.2 Å². The fourth-order valence-electron chi connectivity index (χ4n) is 2.27. The summed E-state index contributed by atoms with van der Waals surface area (Å²) in [7, 11) is 0. The van der Waals surface area contributed by atoms with Crippen LogP contribution in [-0.2, 0) is 16.1 Å². The van der Waals surface area contributed by atoms with Gasteiger partial charge in [0, 0.05) is 11.4 Å². The molecular weight excluding hydrogens is 332 g/mol. The van der Waals surface area contributed by atoms with Crippen molar-refractivity contribution in [2.24, 2.45) is 5.92 Å². The van der Waals surface area contributed by atoms with Gasteiger partial charge in [-0.25, -0.2) is 4.98 Å². The molecule has 0 saturated carbocycles. The van der Waals surface area contributed by atoms with Crippen molar-refractivity contribution in [3.63, 3.8) is 0 Å². The number of hydrogen-bond donors (Lipinski definition) is 0. The maximum atomic E-state index is 12.9. The number of thioether (sulfide) groups is 1. The Morgan fingerprint density at radius 1 is 1.39 bits per heavy atom. The van der Waals surface area contributed by atoms with E-state index in [-0.39, 0.29) is 17.3 Å². The SMILES string of the molecule is CCOC(=O)CSc1nc2sc(C)c(C)c2c(=O)n1CC(C)C. The first-order chi connectivity index (χ1) is 10.8. The molecule has 0 atom stereocenters. The Labute approximate surface area is 144 Å². The molecule has 2 aromatic heterocycles. The average Bonchev–Trinajstić information content (AvgIpc) is 2.75. The molecule has 0 aliphatic rings. The maximum absolute atomic E-state index is 12.9. The van der Waals surface area contributed by atoms with Crippen molar-refractivity contribution in [2.75, 3.05) is 12.4 Å². The molecule has 2 heterocycles. The van der Waals surface area contributed by atoms with Gasteiger partial charge in [0.25, 0.3) is 5.56 Å². The predicted octanol–water partition coefficient (Wildman–Crippen LogP) is 3.39. The molecule has 0 aliphatic carbocycles. The molecule has 0 saturated heterocycles. The summed E-state index contributed by atoms with van der Waals surface area (Å²) in [6.07, 6.45) is 0. The predicted molar refractivity (Wildman–Crippen MR) is 95.5 cm³/mol. The zero-order valence-electron chi connectivity index (χ0n) is 14.1. The summed E-state index contributed by atoms with van der Waals surface area (Å²) in [5, 5.41) is 1.29. The number of aryl methyl sites for hydroxylation is 2. The van der Waals surface area contributed by atoms with Gasteiger partial charge >= 0.3 is 5.97 Å². The van der Waals surface area contributed by atoms with Crippen LogP contribution < -0.4 is 5.56 Å². The van der Waals surface area contributed by atoms with E-state index in [0.717, 1.165) is 15.3 Å². The summed E-state index contributed by atoms with van der Waals surface area (Å²) in [5.74, 6) is 0.183. The number of rotatable bonds is 6. The number of nitrogens with zero attached hydrogens (tertiary/aromatic N) is 2. The van der Waals surface area contributed by atoms with Gasteiger partial charge in [0.1, 0.15) is 4.83 Å². The van der Waals surface area contributed by atoms with E-state index in [1.807, 2.05) is 13.8 Å². The van der Waals surface area contributed by atoms with Crippen LogP contribution in [0, 0.1) is 19.8 Å². The number of fused-ring (bicyclic) bond motifs is 1. The third-order valence-corrected chi connectivity index (χ3v) is 5.48. The summed E-state index contributed by atoms with van der Waals surface area (Å²) in [6.45, 7) is 10.8. The fourth-order valence-corrected chi connectivity index (χ4v) is 4.15. The second-order valence-electron chi connectivity index (χ2n) is 5.76. The van der Waals surface area contributed by atoms with E-state index in [9.17, 15) is 9.59 Å². The molecule has 0 bridgehead atoms. The summed E-state index contributed by atoms with van der Waals surface area (Å²) in [6, 6.07) is 0. The van der Waals surface area contributed by atoms with E-state index in [1.54, 1.807) is 11.5 Å². The molecule has 0 spiro atoms. The first kappa shape index (κ1) is 18.0. The van der Waals surface area contributed by atoms with Crippen molar-refractivity contribution in [2.45, 2.75) is 46.3 Å². The number of thiophene rings is 1. The van der Waals surface area contributed by atoms with Crippen LogP contribution in [0.3, 0.4) is 0 Å². The van der Waals surface area contributed by atoms with Gasteiger partial charge in [-0.3, -0.25) is 14.2 Å². The third kappa shape index (κ3) is 3.95. The smallest absolute Gasteiger partial charge is 0.316 e. The quantitative estimate of drug-likeness (QED) is 0.452. The maximum Gasteiger partial charge on any atom is 0.316 e. The van der Waals surface area contributed by atoms with Crippen LogP contribution in [0.2, 0.25) is 0 Å². The molecule has 0 aromatic carbocycles. The second kappa shape index (κ2) is 7.49. The monoisotopic (exact) mass is 354 g/mol. The Hall–Kier alpha value is -1.34. The molecule has 7 heteroatoms. The standard InChI is InChI=1S/C16H22N2O3S2/c1-6-21-12(19)8-22-16-17-14-13(10(4)11(5)23-14)15(20)18(16)7-9(2)3/h9H,6-8H2,1-5H3. The lowest BCUT2D eigenvalue weighted by Gasteiger charge is -2.13. The highest BCUT2D eigenvalue weighted by molar-refractivity contribution is 7.99. The minimum absolute atomic E-state index is 0.0168. The molecule has 23 heavy (non-hydrogen) atoms. The fraction of sp³-hybridized carbons (Fsp3) is 0.562. The molecule has 0 fully saturated rings.